The van der Waals surface area contributed by atoms with Crippen LogP contribution in [0.4, 0.5) is 0 Å². The Morgan fingerprint density at radius 1 is 0.889 bits per heavy atom. The highest BCUT2D eigenvalue weighted by atomic mass is 15.1. The van der Waals surface area contributed by atoms with Crippen LogP contribution in [0.25, 0.3) is 0 Å². The first-order valence-corrected chi connectivity index (χ1v) is 10.1. The van der Waals surface area contributed by atoms with Crippen molar-refractivity contribution >= 4 is 6.21 Å². The molecule has 1 heterocycles. The maximum absolute atomic E-state index is 2.58. The number of benzene rings is 2. The van der Waals surface area contributed by atoms with Crippen LogP contribution in [0.2, 0.25) is 0 Å². The molecule has 0 saturated heterocycles. The van der Waals surface area contributed by atoms with Gasteiger partial charge < -0.3 is 4.90 Å². The van der Waals surface area contributed by atoms with Gasteiger partial charge in [-0.1, -0.05) is 74.5 Å². The molecule has 0 amide bonds. The summed E-state index contributed by atoms with van der Waals surface area (Å²) in [5.41, 5.74) is 4.27. The van der Waals surface area contributed by atoms with E-state index < -0.39 is 0 Å². The van der Waals surface area contributed by atoms with Crippen molar-refractivity contribution in [3.05, 3.63) is 83.6 Å². The van der Waals surface area contributed by atoms with E-state index in [1.165, 1.54) is 16.8 Å². The summed E-state index contributed by atoms with van der Waals surface area (Å²) < 4.78 is 2.58. The van der Waals surface area contributed by atoms with Crippen molar-refractivity contribution in [1.82, 2.24) is 4.90 Å². The van der Waals surface area contributed by atoms with Gasteiger partial charge in [0.1, 0.15) is 6.54 Å². The summed E-state index contributed by atoms with van der Waals surface area (Å²) in [6.07, 6.45) is 6.83. The summed E-state index contributed by atoms with van der Waals surface area (Å²) in [4.78, 5) is 2.30. The Hall–Kier alpha value is -2.35. The molecule has 0 bridgehead atoms. The van der Waals surface area contributed by atoms with Crippen molar-refractivity contribution in [2.24, 2.45) is 11.8 Å². The molecule has 0 aromatic heterocycles. The van der Waals surface area contributed by atoms with Crippen molar-refractivity contribution in [2.75, 3.05) is 20.6 Å². The molecule has 27 heavy (non-hydrogen) atoms. The van der Waals surface area contributed by atoms with Gasteiger partial charge in [0, 0.05) is 38.2 Å². The SMILES string of the molecule is CC(C)C1C(Cc2ccccc2)C(N(C)C)=CC=[N+]1CCc1ccccc1. The number of rotatable bonds is 7. The Balaban J connectivity index is 1.86. The maximum atomic E-state index is 2.58. The summed E-state index contributed by atoms with van der Waals surface area (Å²) >= 11 is 0. The van der Waals surface area contributed by atoms with Gasteiger partial charge in [-0.2, -0.15) is 0 Å². The fourth-order valence-corrected chi connectivity index (χ4v) is 4.35. The van der Waals surface area contributed by atoms with Crippen molar-refractivity contribution in [2.45, 2.75) is 32.7 Å². The third-order valence-electron chi connectivity index (χ3n) is 5.61. The molecule has 0 spiro atoms. The van der Waals surface area contributed by atoms with E-state index in [0.29, 0.717) is 17.9 Å². The van der Waals surface area contributed by atoms with E-state index in [1.807, 2.05) is 0 Å². The standard InChI is InChI=1S/C25H33N2/c1-20(2)25-23(19-22-13-9-6-10-14-22)24(26(3)4)16-18-27(25)17-15-21-11-7-5-8-12-21/h5-14,16,18,20,23,25H,15,17,19H2,1-4H3/q+1. The van der Waals surface area contributed by atoms with Crippen molar-refractivity contribution in [3.63, 3.8) is 0 Å². The second-order valence-electron chi connectivity index (χ2n) is 8.14. The average Bonchev–Trinajstić information content (AvgIpc) is 2.67. The van der Waals surface area contributed by atoms with Crippen molar-refractivity contribution in [3.8, 4) is 0 Å². The molecular weight excluding hydrogens is 328 g/mol. The fraction of sp³-hybridized carbons (Fsp3) is 0.400. The lowest BCUT2D eigenvalue weighted by molar-refractivity contribution is -0.577. The summed E-state index contributed by atoms with van der Waals surface area (Å²) in [7, 11) is 4.35. The Bertz CT molecular complexity index is 772. The minimum atomic E-state index is 0.503. The van der Waals surface area contributed by atoms with Crippen LogP contribution < -0.4 is 0 Å². The van der Waals surface area contributed by atoms with Crippen molar-refractivity contribution in [1.29, 1.82) is 0 Å². The zero-order valence-electron chi connectivity index (χ0n) is 17.2. The molecule has 1 aliphatic rings. The molecular formula is C25H33N2+. The highest BCUT2D eigenvalue weighted by molar-refractivity contribution is 5.68. The first-order valence-electron chi connectivity index (χ1n) is 10.1. The second kappa shape index (κ2) is 9.03. The minimum Gasteiger partial charge on any atom is -0.380 e. The highest BCUT2D eigenvalue weighted by Crippen LogP contribution is 2.30. The minimum absolute atomic E-state index is 0.503. The van der Waals surface area contributed by atoms with Gasteiger partial charge in [0.25, 0.3) is 0 Å². The molecule has 142 valence electrons. The van der Waals surface area contributed by atoms with Crippen LogP contribution in [0.3, 0.4) is 0 Å². The lowest BCUT2D eigenvalue weighted by atomic mass is 9.81. The van der Waals surface area contributed by atoms with Gasteiger partial charge in [-0.25, -0.2) is 4.58 Å². The summed E-state index contributed by atoms with van der Waals surface area (Å²) in [5, 5.41) is 0. The van der Waals surface area contributed by atoms with Gasteiger partial charge in [0.05, 0.1) is 5.92 Å². The first-order chi connectivity index (χ1) is 13.1. The average molecular weight is 362 g/mol. The lowest BCUT2D eigenvalue weighted by Crippen LogP contribution is -2.45. The molecule has 1 aliphatic heterocycles. The van der Waals surface area contributed by atoms with Gasteiger partial charge in [0.15, 0.2) is 12.3 Å². The largest absolute Gasteiger partial charge is 0.380 e. The topological polar surface area (TPSA) is 6.25 Å². The fourth-order valence-electron chi connectivity index (χ4n) is 4.35. The predicted molar refractivity (Wildman–Crippen MR) is 115 cm³/mol. The Labute approximate surface area is 164 Å². The van der Waals surface area contributed by atoms with Gasteiger partial charge in [0.2, 0.25) is 0 Å². The Morgan fingerprint density at radius 3 is 2.04 bits per heavy atom. The second-order valence-corrected chi connectivity index (χ2v) is 8.14. The monoisotopic (exact) mass is 361 g/mol. The van der Waals surface area contributed by atoms with Gasteiger partial charge in [-0.15, -0.1) is 0 Å². The van der Waals surface area contributed by atoms with Crippen LogP contribution in [0, 0.1) is 11.8 Å². The summed E-state index contributed by atoms with van der Waals surface area (Å²) in [6.45, 7) is 5.80. The molecule has 2 aromatic rings. The number of nitrogens with zero attached hydrogens (tertiary/aromatic N) is 2. The Morgan fingerprint density at radius 2 is 1.48 bits per heavy atom. The van der Waals surface area contributed by atoms with Crippen LogP contribution in [0.15, 0.2) is 72.4 Å². The molecule has 2 aromatic carbocycles. The third-order valence-corrected chi connectivity index (χ3v) is 5.61. The number of hydrogen-bond acceptors (Lipinski definition) is 1. The van der Waals surface area contributed by atoms with E-state index in [4.69, 9.17) is 0 Å². The van der Waals surface area contributed by atoms with Crippen molar-refractivity contribution < 1.29 is 4.58 Å². The van der Waals surface area contributed by atoms with E-state index in [1.54, 1.807) is 0 Å². The van der Waals surface area contributed by atoms with Gasteiger partial charge in [-0.3, -0.25) is 0 Å². The van der Waals surface area contributed by atoms with E-state index in [2.05, 4.69) is 110 Å². The summed E-state index contributed by atoms with van der Waals surface area (Å²) in [5.74, 6) is 1.09. The van der Waals surface area contributed by atoms with E-state index in [9.17, 15) is 0 Å². The molecule has 2 nitrogen and oxygen atoms in total. The first kappa shape index (κ1) is 19.4. The zero-order chi connectivity index (χ0) is 19.2. The highest BCUT2D eigenvalue weighted by Gasteiger charge is 2.39. The lowest BCUT2D eigenvalue weighted by Gasteiger charge is -2.35. The number of allylic oxidation sites excluding steroid dienone is 1. The summed E-state index contributed by atoms with van der Waals surface area (Å²) in [6, 6.07) is 22.3. The van der Waals surface area contributed by atoms with Crippen LogP contribution in [0.5, 0.6) is 0 Å². The molecule has 2 atom stereocenters. The third kappa shape index (κ3) is 4.88. The molecule has 0 N–H and O–H groups in total. The normalized spacial score (nSPS) is 19.6. The van der Waals surface area contributed by atoms with E-state index in [0.717, 1.165) is 19.4 Å². The quantitative estimate of drug-likeness (QED) is 0.650. The zero-order valence-corrected chi connectivity index (χ0v) is 17.2. The molecule has 2 heteroatoms. The van der Waals surface area contributed by atoms with Crippen LogP contribution in [-0.4, -0.2) is 42.4 Å². The van der Waals surface area contributed by atoms with Gasteiger partial charge >= 0.3 is 0 Å². The Kier molecular flexibility index (Phi) is 6.49. The van der Waals surface area contributed by atoms with E-state index >= 15 is 0 Å². The smallest absolute Gasteiger partial charge is 0.165 e. The molecule has 0 aliphatic carbocycles. The molecule has 0 radical (unpaired) electrons. The predicted octanol–water partition coefficient (Wildman–Crippen LogP) is 4.66. The van der Waals surface area contributed by atoms with Crippen LogP contribution in [0.1, 0.15) is 25.0 Å². The molecule has 0 saturated carbocycles. The molecule has 0 fully saturated rings. The molecule has 2 unspecified atom stereocenters. The van der Waals surface area contributed by atoms with E-state index in [-0.39, 0.29) is 0 Å². The van der Waals surface area contributed by atoms with Crippen LogP contribution in [-0.2, 0) is 12.8 Å². The number of hydrogen-bond donors (Lipinski definition) is 0. The maximum Gasteiger partial charge on any atom is 0.165 e. The van der Waals surface area contributed by atoms with Crippen LogP contribution >= 0.6 is 0 Å². The van der Waals surface area contributed by atoms with Gasteiger partial charge in [-0.05, 0) is 17.5 Å². The molecule has 3 rings (SSSR count).